The molecule has 1 aromatic carbocycles. The molecule has 1 amide bonds. The van der Waals surface area contributed by atoms with Gasteiger partial charge in [-0.2, -0.15) is 13.2 Å². The number of benzene rings is 1. The third kappa shape index (κ3) is 5.16. The summed E-state index contributed by atoms with van der Waals surface area (Å²) in [4.78, 5) is 20.6. The number of halogens is 3. The van der Waals surface area contributed by atoms with Crippen molar-refractivity contribution in [3.8, 4) is 5.75 Å². The summed E-state index contributed by atoms with van der Waals surface area (Å²) < 4.78 is 44.2. The molecule has 2 aliphatic rings. The third-order valence-electron chi connectivity index (χ3n) is 7.15. The van der Waals surface area contributed by atoms with E-state index < -0.39 is 17.5 Å². The van der Waals surface area contributed by atoms with Crippen LogP contribution in [0.1, 0.15) is 66.0 Å². The predicted octanol–water partition coefficient (Wildman–Crippen LogP) is 4.53. The number of carbonyl (C=O) groups excluding carboxylic acids is 1. The van der Waals surface area contributed by atoms with Crippen LogP contribution in [0.2, 0.25) is 0 Å². The Balaban J connectivity index is 1.43. The fourth-order valence-corrected chi connectivity index (χ4v) is 5.13. The highest BCUT2D eigenvalue weighted by Crippen LogP contribution is 2.39. The van der Waals surface area contributed by atoms with Gasteiger partial charge in [0.2, 0.25) is 0 Å². The van der Waals surface area contributed by atoms with Crippen molar-refractivity contribution in [3.05, 3.63) is 58.4 Å². The summed E-state index contributed by atoms with van der Waals surface area (Å²) in [7, 11) is 0. The van der Waals surface area contributed by atoms with Crippen LogP contribution in [0.25, 0.3) is 0 Å². The predicted molar refractivity (Wildman–Crippen MR) is 125 cm³/mol. The molecule has 6 nitrogen and oxygen atoms in total. The molecule has 2 bridgehead atoms. The molecule has 2 saturated heterocycles. The number of rotatable bonds is 6. The van der Waals surface area contributed by atoms with Crippen molar-refractivity contribution in [1.82, 2.24) is 14.8 Å². The van der Waals surface area contributed by atoms with Crippen LogP contribution in [0.4, 0.5) is 13.2 Å². The number of fused-ring (bicyclic) bond motifs is 2. The average molecular weight is 492 g/mol. The van der Waals surface area contributed by atoms with Gasteiger partial charge in [0.15, 0.2) is 0 Å². The lowest BCUT2D eigenvalue weighted by molar-refractivity contribution is -0.141. The number of likely N-dealkylation sites (tertiary alicyclic amines) is 2. The topological polar surface area (TPSA) is 65.9 Å². The van der Waals surface area contributed by atoms with Gasteiger partial charge in [0.25, 0.3) is 5.91 Å². The van der Waals surface area contributed by atoms with Gasteiger partial charge in [0, 0.05) is 37.4 Å². The number of nitrogens with zero attached hydrogens (tertiary/aromatic N) is 3. The fraction of sp³-hybridized carbons (Fsp3) is 0.538. The molecule has 0 spiro atoms. The van der Waals surface area contributed by atoms with E-state index in [1.54, 1.807) is 18.7 Å². The van der Waals surface area contributed by atoms with Gasteiger partial charge in [-0.3, -0.25) is 14.7 Å². The normalized spacial score (nSPS) is 21.5. The summed E-state index contributed by atoms with van der Waals surface area (Å²) in [5, 5.41) is 9.96. The number of aliphatic hydroxyl groups is 1. The summed E-state index contributed by atoms with van der Waals surface area (Å²) in [6, 6.07) is 6.42. The lowest BCUT2D eigenvalue weighted by Crippen LogP contribution is -2.49. The van der Waals surface area contributed by atoms with Gasteiger partial charge < -0.3 is 14.7 Å². The molecule has 9 heteroatoms. The molecule has 2 aliphatic heterocycles. The Kier molecular flexibility index (Phi) is 6.61. The Bertz CT molecular complexity index is 1100. The number of ether oxygens (including phenoxy) is 1. The lowest BCUT2D eigenvalue weighted by atomic mass is 9.96. The summed E-state index contributed by atoms with van der Waals surface area (Å²) >= 11 is 0. The molecular weight excluding hydrogens is 459 g/mol. The van der Waals surface area contributed by atoms with E-state index in [0.717, 1.165) is 35.6 Å². The molecule has 2 aromatic rings. The first-order chi connectivity index (χ1) is 16.3. The fourth-order valence-electron chi connectivity index (χ4n) is 5.13. The van der Waals surface area contributed by atoms with Crippen LogP contribution < -0.4 is 4.74 Å². The van der Waals surface area contributed by atoms with Gasteiger partial charge in [0.1, 0.15) is 18.1 Å². The molecular formula is C26H32F3N3O3. The maximum absolute atomic E-state index is 13.0. The van der Waals surface area contributed by atoms with Gasteiger partial charge in [-0.25, -0.2) is 0 Å². The first-order valence-corrected chi connectivity index (χ1v) is 11.8. The molecule has 4 rings (SSSR count). The van der Waals surface area contributed by atoms with Crippen LogP contribution in [0, 0.1) is 13.8 Å². The molecule has 0 saturated carbocycles. The zero-order valence-electron chi connectivity index (χ0n) is 20.7. The van der Waals surface area contributed by atoms with E-state index in [-0.39, 0.29) is 36.2 Å². The SMILES string of the molecule is Cc1c(OCC(C)(C)O)ccc([C@H](C)N2C[C@@H]3C[C@H]2CN3C(=O)c2ccc(C(F)(F)F)nc2)c1C. The molecule has 35 heavy (non-hydrogen) atoms. The van der Waals surface area contributed by atoms with Gasteiger partial charge in [-0.15, -0.1) is 0 Å². The second-order valence-corrected chi connectivity index (χ2v) is 10.3. The number of hydrogen-bond acceptors (Lipinski definition) is 5. The number of pyridine rings is 1. The van der Waals surface area contributed by atoms with Crippen molar-refractivity contribution in [2.24, 2.45) is 0 Å². The Morgan fingerprint density at radius 2 is 1.86 bits per heavy atom. The minimum absolute atomic E-state index is 0.0213. The Morgan fingerprint density at radius 3 is 2.40 bits per heavy atom. The summed E-state index contributed by atoms with van der Waals surface area (Å²) in [6.07, 6.45) is -2.67. The summed E-state index contributed by atoms with van der Waals surface area (Å²) in [5.74, 6) is 0.483. The number of aromatic nitrogens is 1. The third-order valence-corrected chi connectivity index (χ3v) is 7.15. The van der Waals surface area contributed by atoms with E-state index in [0.29, 0.717) is 13.1 Å². The molecule has 190 valence electrons. The number of carbonyl (C=O) groups is 1. The van der Waals surface area contributed by atoms with Gasteiger partial charge in [0.05, 0.1) is 11.2 Å². The van der Waals surface area contributed by atoms with Crippen molar-refractivity contribution >= 4 is 5.91 Å². The summed E-state index contributed by atoms with van der Waals surface area (Å²) in [6.45, 7) is 11.1. The molecule has 0 unspecified atom stereocenters. The van der Waals surface area contributed by atoms with E-state index in [2.05, 4.69) is 29.8 Å². The zero-order chi connectivity index (χ0) is 25.7. The molecule has 3 heterocycles. The van der Waals surface area contributed by atoms with Crippen molar-refractivity contribution in [1.29, 1.82) is 0 Å². The maximum Gasteiger partial charge on any atom is 0.433 e. The smallest absolute Gasteiger partial charge is 0.433 e. The van der Waals surface area contributed by atoms with Crippen LogP contribution in [0.5, 0.6) is 5.75 Å². The van der Waals surface area contributed by atoms with E-state index >= 15 is 0 Å². The first kappa shape index (κ1) is 25.4. The molecule has 1 N–H and O–H groups in total. The number of piperazine rings is 1. The van der Waals surface area contributed by atoms with E-state index in [1.807, 2.05) is 13.0 Å². The quantitative estimate of drug-likeness (QED) is 0.644. The van der Waals surface area contributed by atoms with Crippen LogP contribution >= 0.6 is 0 Å². The van der Waals surface area contributed by atoms with E-state index in [1.165, 1.54) is 11.6 Å². The first-order valence-electron chi connectivity index (χ1n) is 11.8. The standard InChI is InChI=1S/C26H32F3N3O3/c1-15-16(2)22(35-14-25(4,5)34)8-7-21(15)17(3)31-12-20-10-19(31)13-32(20)24(33)18-6-9-23(30-11-18)26(27,28)29/h6-9,11,17,19-20,34H,10,12-14H2,1-5H3/t17-,19-,20-/m0/s1. The van der Waals surface area contributed by atoms with Crippen LogP contribution in [0.15, 0.2) is 30.5 Å². The Labute approximate surface area is 203 Å². The average Bonchev–Trinajstić information content (AvgIpc) is 3.39. The second-order valence-electron chi connectivity index (χ2n) is 10.3. The van der Waals surface area contributed by atoms with Crippen LogP contribution in [0.3, 0.4) is 0 Å². The van der Waals surface area contributed by atoms with Gasteiger partial charge >= 0.3 is 6.18 Å². The Morgan fingerprint density at radius 1 is 1.14 bits per heavy atom. The maximum atomic E-state index is 13.0. The van der Waals surface area contributed by atoms with E-state index in [9.17, 15) is 23.1 Å². The number of amides is 1. The zero-order valence-corrected chi connectivity index (χ0v) is 20.7. The highest BCUT2D eigenvalue weighted by Gasteiger charge is 2.47. The van der Waals surface area contributed by atoms with Crippen molar-refractivity contribution in [3.63, 3.8) is 0 Å². The molecule has 3 atom stereocenters. The minimum Gasteiger partial charge on any atom is -0.490 e. The molecule has 1 aromatic heterocycles. The highest BCUT2D eigenvalue weighted by molar-refractivity contribution is 5.94. The van der Waals surface area contributed by atoms with Crippen molar-refractivity contribution in [2.45, 2.75) is 70.9 Å². The second kappa shape index (κ2) is 9.09. The number of hydrogen-bond donors (Lipinski definition) is 1. The summed E-state index contributed by atoms with van der Waals surface area (Å²) in [5.41, 5.74) is 1.63. The lowest BCUT2D eigenvalue weighted by Gasteiger charge is -2.38. The van der Waals surface area contributed by atoms with Gasteiger partial charge in [-0.1, -0.05) is 6.07 Å². The molecule has 0 radical (unpaired) electrons. The monoisotopic (exact) mass is 491 g/mol. The minimum atomic E-state index is -4.53. The highest BCUT2D eigenvalue weighted by atomic mass is 19.4. The van der Waals surface area contributed by atoms with Crippen LogP contribution in [-0.4, -0.2) is 63.2 Å². The molecule has 0 aliphatic carbocycles. The van der Waals surface area contributed by atoms with E-state index in [4.69, 9.17) is 4.74 Å². The van der Waals surface area contributed by atoms with Crippen LogP contribution in [-0.2, 0) is 6.18 Å². The number of alkyl halides is 3. The van der Waals surface area contributed by atoms with Crippen molar-refractivity contribution in [2.75, 3.05) is 19.7 Å². The largest absolute Gasteiger partial charge is 0.490 e. The van der Waals surface area contributed by atoms with Crippen molar-refractivity contribution < 1.29 is 27.8 Å². The molecule has 2 fully saturated rings. The Hall–Kier alpha value is -2.65. The van der Waals surface area contributed by atoms with Gasteiger partial charge in [-0.05, 0) is 75.9 Å².